The van der Waals surface area contributed by atoms with Gasteiger partial charge in [0.15, 0.2) is 11.6 Å². The molecular formula is C20H22F2N2O3. The Hall–Kier alpha value is -2.96. The highest BCUT2D eigenvalue weighted by Gasteiger charge is 2.19. The highest BCUT2D eigenvalue weighted by atomic mass is 19.2. The normalized spacial score (nSPS) is 12.8. The van der Waals surface area contributed by atoms with Gasteiger partial charge in [-0.3, -0.25) is 9.59 Å². The number of nitrogens with one attached hydrogen (secondary N) is 2. The van der Waals surface area contributed by atoms with Crippen LogP contribution in [0.3, 0.4) is 0 Å². The van der Waals surface area contributed by atoms with Gasteiger partial charge < -0.3 is 15.4 Å². The molecule has 2 aromatic carbocycles. The summed E-state index contributed by atoms with van der Waals surface area (Å²) in [5, 5.41) is 5.48. The van der Waals surface area contributed by atoms with E-state index in [1.165, 1.54) is 13.0 Å². The van der Waals surface area contributed by atoms with Crippen molar-refractivity contribution < 1.29 is 23.1 Å². The van der Waals surface area contributed by atoms with E-state index >= 15 is 0 Å². The third-order valence-corrected chi connectivity index (χ3v) is 4.11. The molecule has 5 nitrogen and oxygen atoms in total. The van der Waals surface area contributed by atoms with Crippen LogP contribution in [-0.2, 0) is 9.59 Å². The monoisotopic (exact) mass is 376 g/mol. The third kappa shape index (κ3) is 5.77. The second kappa shape index (κ2) is 9.12. The number of hydrogen-bond donors (Lipinski definition) is 2. The van der Waals surface area contributed by atoms with Crippen molar-refractivity contribution in [3.8, 4) is 5.75 Å². The van der Waals surface area contributed by atoms with Crippen LogP contribution >= 0.6 is 0 Å². The summed E-state index contributed by atoms with van der Waals surface area (Å²) in [6.07, 6.45) is -0.0000738. The Morgan fingerprint density at radius 1 is 1.00 bits per heavy atom. The molecule has 27 heavy (non-hydrogen) atoms. The van der Waals surface area contributed by atoms with Crippen molar-refractivity contribution >= 4 is 11.8 Å². The van der Waals surface area contributed by atoms with Crippen LogP contribution in [0.4, 0.5) is 8.78 Å². The maximum Gasteiger partial charge on any atom is 0.222 e. The van der Waals surface area contributed by atoms with Crippen LogP contribution in [0.1, 0.15) is 43.5 Å². The fraction of sp³-hybridized carbons (Fsp3) is 0.300. The first-order chi connectivity index (χ1) is 12.8. The molecule has 0 radical (unpaired) electrons. The Kier molecular flexibility index (Phi) is 6.87. The van der Waals surface area contributed by atoms with Crippen molar-refractivity contribution in [2.45, 2.75) is 32.4 Å². The van der Waals surface area contributed by atoms with Crippen LogP contribution < -0.4 is 15.4 Å². The van der Waals surface area contributed by atoms with E-state index in [0.29, 0.717) is 11.3 Å². The average Bonchev–Trinajstić information content (AvgIpc) is 2.63. The Bertz CT molecular complexity index is 809. The number of halogens is 2. The van der Waals surface area contributed by atoms with Crippen molar-refractivity contribution in [2.75, 3.05) is 7.11 Å². The maximum absolute atomic E-state index is 13.4. The van der Waals surface area contributed by atoms with E-state index in [4.69, 9.17) is 4.74 Å². The first-order valence-electron chi connectivity index (χ1n) is 8.45. The summed E-state index contributed by atoms with van der Waals surface area (Å²) in [7, 11) is 1.55. The molecule has 0 aromatic heterocycles. The summed E-state index contributed by atoms with van der Waals surface area (Å²) in [5.41, 5.74) is 1.20. The molecule has 0 bridgehead atoms. The summed E-state index contributed by atoms with van der Waals surface area (Å²) in [4.78, 5) is 23.9. The molecule has 2 rings (SSSR count). The van der Waals surface area contributed by atoms with Gasteiger partial charge in [-0.05, 0) is 42.3 Å². The minimum absolute atomic E-state index is 0.0000738. The Morgan fingerprint density at radius 2 is 1.63 bits per heavy atom. The molecule has 2 atom stereocenters. The van der Waals surface area contributed by atoms with Crippen LogP contribution in [-0.4, -0.2) is 18.9 Å². The molecule has 2 amide bonds. The molecule has 0 spiro atoms. The van der Waals surface area contributed by atoms with E-state index in [-0.39, 0.29) is 18.2 Å². The summed E-state index contributed by atoms with van der Waals surface area (Å²) < 4.78 is 31.5. The van der Waals surface area contributed by atoms with Gasteiger partial charge in [0.1, 0.15) is 5.75 Å². The van der Waals surface area contributed by atoms with Gasteiger partial charge >= 0.3 is 0 Å². The van der Waals surface area contributed by atoms with Crippen LogP contribution in [0, 0.1) is 11.6 Å². The summed E-state index contributed by atoms with van der Waals surface area (Å²) in [6.45, 7) is 3.05. The third-order valence-electron chi connectivity index (χ3n) is 4.11. The van der Waals surface area contributed by atoms with Gasteiger partial charge in [0.25, 0.3) is 0 Å². The van der Waals surface area contributed by atoms with E-state index in [2.05, 4.69) is 10.6 Å². The molecule has 0 aliphatic heterocycles. The van der Waals surface area contributed by atoms with Crippen LogP contribution in [0.15, 0.2) is 42.5 Å². The second-order valence-electron chi connectivity index (χ2n) is 6.19. The van der Waals surface area contributed by atoms with Gasteiger partial charge in [0.05, 0.1) is 25.6 Å². The number of benzene rings is 2. The standard InChI is InChI=1S/C20H22F2N2O3/c1-12(15-6-9-17(21)18(22)10-15)23-20(26)11-19(24-13(2)25)14-4-7-16(27-3)8-5-14/h4-10,12,19H,11H2,1-3H3,(H,23,26)(H,24,25). The average molecular weight is 376 g/mol. The van der Waals surface area contributed by atoms with Gasteiger partial charge in [-0.2, -0.15) is 0 Å². The molecule has 0 saturated heterocycles. The first kappa shape index (κ1) is 20.4. The lowest BCUT2D eigenvalue weighted by Crippen LogP contribution is -2.33. The number of amides is 2. The van der Waals surface area contributed by atoms with Crippen molar-refractivity contribution in [2.24, 2.45) is 0 Å². The Labute approximate surface area is 156 Å². The molecule has 0 saturated carbocycles. The van der Waals surface area contributed by atoms with E-state index < -0.39 is 23.7 Å². The number of methoxy groups -OCH3 is 1. The van der Waals surface area contributed by atoms with Crippen LogP contribution in [0.2, 0.25) is 0 Å². The molecule has 144 valence electrons. The zero-order valence-corrected chi connectivity index (χ0v) is 15.4. The summed E-state index contributed by atoms with van der Waals surface area (Å²) >= 11 is 0. The van der Waals surface area contributed by atoms with E-state index in [1.54, 1.807) is 38.3 Å². The number of carbonyl (C=O) groups excluding carboxylic acids is 2. The second-order valence-corrected chi connectivity index (χ2v) is 6.19. The van der Waals surface area contributed by atoms with Gasteiger partial charge in [0.2, 0.25) is 11.8 Å². The molecule has 0 fully saturated rings. The van der Waals surface area contributed by atoms with Crippen LogP contribution in [0.25, 0.3) is 0 Å². The quantitative estimate of drug-likeness (QED) is 0.778. The predicted octanol–water partition coefficient (Wildman–Crippen LogP) is 3.42. The van der Waals surface area contributed by atoms with Crippen molar-refractivity contribution in [1.82, 2.24) is 10.6 Å². The summed E-state index contributed by atoms with van der Waals surface area (Å²) in [6, 6.07) is 9.47. The molecular weight excluding hydrogens is 354 g/mol. The molecule has 0 heterocycles. The zero-order chi connectivity index (χ0) is 20.0. The maximum atomic E-state index is 13.4. The van der Waals surface area contributed by atoms with E-state index in [0.717, 1.165) is 17.7 Å². The molecule has 2 N–H and O–H groups in total. The topological polar surface area (TPSA) is 67.4 Å². The SMILES string of the molecule is COc1ccc(C(CC(=O)NC(C)c2ccc(F)c(F)c2)NC(C)=O)cc1. The molecule has 0 aliphatic carbocycles. The largest absolute Gasteiger partial charge is 0.497 e. The Balaban J connectivity index is 2.07. The van der Waals surface area contributed by atoms with Crippen molar-refractivity contribution in [3.05, 3.63) is 65.2 Å². The minimum atomic E-state index is -0.969. The zero-order valence-electron chi connectivity index (χ0n) is 15.4. The molecule has 0 aliphatic rings. The van der Waals surface area contributed by atoms with E-state index in [1.807, 2.05) is 0 Å². The first-order valence-corrected chi connectivity index (χ1v) is 8.45. The van der Waals surface area contributed by atoms with Gasteiger partial charge in [0, 0.05) is 6.92 Å². The number of carbonyl (C=O) groups is 2. The predicted molar refractivity (Wildman–Crippen MR) is 97.1 cm³/mol. The van der Waals surface area contributed by atoms with Gasteiger partial charge in [-0.25, -0.2) is 8.78 Å². The van der Waals surface area contributed by atoms with Crippen molar-refractivity contribution in [3.63, 3.8) is 0 Å². The fourth-order valence-electron chi connectivity index (χ4n) is 2.68. The van der Waals surface area contributed by atoms with E-state index in [9.17, 15) is 18.4 Å². The number of hydrogen-bond acceptors (Lipinski definition) is 3. The van der Waals surface area contributed by atoms with Gasteiger partial charge in [-0.1, -0.05) is 18.2 Å². The highest BCUT2D eigenvalue weighted by molar-refractivity contribution is 5.79. The highest BCUT2D eigenvalue weighted by Crippen LogP contribution is 2.22. The Morgan fingerprint density at radius 3 is 2.19 bits per heavy atom. The number of ether oxygens (including phenoxy) is 1. The summed E-state index contributed by atoms with van der Waals surface area (Å²) in [5.74, 6) is -1.85. The lowest BCUT2D eigenvalue weighted by atomic mass is 10.0. The van der Waals surface area contributed by atoms with Crippen molar-refractivity contribution in [1.29, 1.82) is 0 Å². The fourth-order valence-corrected chi connectivity index (χ4v) is 2.68. The molecule has 7 heteroatoms. The lowest BCUT2D eigenvalue weighted by molar-refractivity contribution is -0.123. The van der Waals surface area contributed by atoms with Gasteiger partial charge in [-0.15, -0.1) is 0 Å². The molecule has 2 aromatic rings. The lowest BCUT2D eigenvalue weighted by Gasteiger charge is -2.20. The van der Waals surface area contributed by atoms with Crippen LogP contribution in [0.5, 0.6) is 5.75 Å². The molecule has 2 unspecified atom stereocenters. The number of rotatable bonds is 7. The smallest absolute Gasteiger partial charge is 0.222 e. The minimum Gasteiger partial charge on any atom is -0.497 e.